The van der Waals surface area contributed by atoms with Gasteiger partial charge in [-0.2, -0.15) is 0 Å². The topological polar surface area (TPSA) is 46.5 Å². The first-order valence-corrected chi connectivity index (χ1v) is 2.33. The minimum Gasteiger partial charge on any atom is -0.292 e. The summed E-state index contributed by atoms with van der Waals surface area (Å²) in [6.45, 7) is 1.55. The molecule has 1 aliphatic rings. The molecule has 0 aromatic heterocycles. The summed E-state index contributed by atoms with van der Waals surface area (Å²) < 4.78 is 0. The van der Waals surface area contributed by atoms with Crippen molar-refractivity contribution in [2.75, 3.05) is 0 Å². The highest BCUT2D eigenvalue weighted by molar-refractivity contribution is 6.39. The Balaban J connectivity index is 2.84. The third-order valence-corrected chi connectivity index (χ3v) is 1.12. The molecule has 1 unspecified atom stereocenters. The summed E-state index contributed by atoms with van der Waals surface area (Å²) in [6, 6.07) is 0. The molecule has 1 rings (SSSR count). The lowest BCUT2D eigenvalue weighted by molar-refractivity contribution is -0.125. The molecule has 0 aliphatic carbocycles. The fraction of sp³-hybridized carbons (Fsp3) is 0.400. The van der Waals surface area contributed by atoms with Crippen LogP contribution in [0.1, 0.15) is 6.92 Å². The van der Waals surface area contributed by atoms with Gasteiger partial charge in [0, 0.05) is 0 Å². The van der Waals surface area contributed by atoms with Gasteiger partial charge in [0.25, 0.3) is 5.91 Å². The minimum atomic E-state index is -0.519. The normalized spacial score (nSPS) is 27.4. The van der Waals surface area contributed by atoms with Crippen molar-refractivity contribution in [2.24, 2.45) is 10.9 Å². The standard InChI is InChI=1S/C5H5NO2/c1-3-4(7)2-6-5(3)8/h2-3H,1H3. The molecular weight excluding hydrogens is 106 g/mol. The molecule has 0 bridgehead atoms. The second-order valence-electron chi connectivity index (χ2n) is 1.72. The van der Waals surface area contributed by atoms with Crippen LogP contribution in [0.2, 0.25) is 0 Å². The molecule has 0 fully saturated rings. The van der Waals surface area contributed by atoms with Gasteiger partial charge in [-0.3, -0.25) is 9.59 Å². The molecule has 0 N–H and O–H groups in total. The van der Waals surface area contributed by atoms with E-state index in [0.29, 0.717) is 0 Å². The Kier molecular flexibility index (Phi) is 0.970. The third-order valence-electron chi connectivity index (χ3n) is 1.12. The number of hydrogen-bond donors (Lipinski definition) is 0. The van der Waals surface area contributed by atoms with Crippen molar-refractivity contribution in [3.05, 3.63) is 0 Å². The summed E-state index contributed by atoms with van der Waals surface area (Å²) in [7, 11) is 0. The Morgan fingerprint density at radius 3 is 2.38 bits per heavy atom. The smallest absolute Gasteiger partial charge is 0.256 e. The number of rotatable bonds is 0. The number of carbonyl (C=O) groups is 2. The Labute approximate surface area is 46.4 Å². The quantitative estimate of drug-likeness (QED) is 0.406. The fourth-order valence-corrected chi connectivity index (χ4v) is 0.473. The molecule has 0 saturated heterocycles. The van der Waals surface area contributed by atoms with Crippen LogP contribution in [0.3, 0.4) is 0 Å². The summed E-state index contributed by atoms with van der Waals surface area (Å²) in [5, 5.41) is 0. The van der Waals surface area contributed by atoms with E-state index < -0.39 is 5.92 Å². The highest BCUT2D eigenvalue weighted by atomic mass is 16.2. The maximum atomic E-state index is 10.4. The van der Waals surface area contributed by atoms with E-state index in [4.69, 9.17) is 0 Å². The maximum absolute atomic E-state index is 10.4. The summed E-state index contributed by atoms with van der Waals surface area (Å²) in [4.78, 5) is 24.1. The van der Waals surface area contributed by atoms with Gasteiger partial charge >= 0.3 is 0 Å². The highest BCUT2D eigenvalue weighted by Crippen LogP contribution is 2.03. The van der Waals surface area contributed by atoms with E-state index in [1.54, 1.807) is 6.92 Å². The number of aliphatic imine (C=N–C) groups is 1. The van der Waals surface area contributed by atoms with Crippen LogP contribution >= 0.6 is 0 Å². The van der Waals surface area contributed by atoms with Gasteiger partial charge in [0.05, 0.1) is 6.21 Å². The SMILES string of the molecule is CC1C(=O)C=NC1=O. The largest absolute Gasteiger partial charge is 0.292 e. The molecule has 1 heterocycles. The molecule has 3 nitrogen and oxygen atoms in total. The number of ketones is 1. The summed E-state index contributed by atoms with van der Waals surface area (Å²) in [5.74, 6) is -1.03. The van der Waals surface area contributed by atoms with Crippen molar-refractivity contribution in [3.8, 4) is 0 Å². The molecule has 1 atom stereocenters. The molecule has 0 saturated carbocycles. The van der Waals surface area contributed by atoms with Gasteiger partial charge in [-0.1, -0.05) is 0 Å². The fourth-order valence-electron chi connectivity index (χ4n) is 0.473. The molecule has 0 aromatic rings. The van der Waals surface area contributed by atoms with E-state index in [1.807, 2.05) is 0 Å². The average Bonchev–Trinajstić information content (AvgIpc) is 1.98. The van der Waals surface area contributed by atoms with Crippen LogP contribution in [0.4, 0.5) is 0 Å². The van der Waals surface area contributed by atoms with Gasteiger partial charge in [0.15, 0.2) is 5.78 Å². The molecule has 42 valence electrons. The van der Waals surface area contributed by atoms with E-state index >= 15 is 0 Å². The van der Waals surface area contributed by atoms with Gasteiger partial charge in [-0.25, -0.2) is 4.99 Å². The molecule has 0 aromatic carbocycles. The number of Topliss-reactive ketones (excluding diaryl/α,β-unsaturated/α-hetero) is 1. The van der Waals surface area contributed by atoms with Crippen molar-refractivity contribution < 1.29 is 9.59 Å². The zero-order valence-electron chi connectivity index (χ0n) is 4.42. The van der Waals surface area contributed by atoms with Gasteiger partial charge in [0.2, 0.25) is 0 Å². The Hall–Kier alpha value is -0.990. The molecular formula is C5H5NO2. The third kappa shape index (κ3) is 0.559. The van der Waals surface area contributed by atoms with E-state index in [2.05, 4.69) is 4.99 Å². The zero-order chi connectivity index (χ0) is 6.15. The van der Waals surface area contributed by atoms with Crippen molar-refractivity contribution >= 4 is 17.9 Å². The van der Waals surface area contributed by atoms with E-state index in [9.17, 15) is 9.59 Å². The van der Waals surface area contributed by atoms with Crippen LogP contribution in [-0.2, 0) is 9.59 Å². The molecule has 0 spiro atoms. The Bertz CT molecular complexity index is 153. The maximum Gasteiger partial charge on any atom is 0.256 e. The molecule has 1 amide bonds. The number of carbonyl (C=O) groups excluding carboxylic acids is 2. The van der Waals surface area contributed by atoms with E-state index in [0.717, 1.165) is 6.21 Å². The summed E-state index contributed by atoms with van der Waals surface area (Å²) in [6.07, 6.45) is 1.08. The predicted molar refractivity (Wildman–Crippen MR) is 27.7 cm³/mol. The average molecular weight is 111 g/mol. The van der Waals surface area contributed by atoms with Crippen molar-refractivity contribution in [2.45, 2.75) is 6.92 Å². The van der Waals surface area contributed by atoms with E-state index in [1.165, 1.54) is 0 Å². The lowest BCUT2D eigenvalue weighted by Gasteiger charge is -1.88. The lowest BCUT2D eigenvalue weighted by atomic mass is 10.1. The summed E-state index contributed by atoms with van der Waals surface area (Å²) in [5.41, 5.74) is 0. The van der Waals surface area contributed by atoms with Crippen LogP contribution in [-0.4, -0.2) is 17.9 Å². The lowest BCUT2D eigenvalue weighted by Crippen LogP contribution is -2.11. The highest BCUT2D eigenvalue weighted by Gasteiger charge is 2.24. The van der Waals surface area contributed by atoms with Gasteiger partial charge < -0.3 is 0 Å². The first kappa shape index (κ1) is 5.15. The minimum absolute atomic E-state index is 0.185. The molecule has 1 aliphatic heterocycles. The zero-order valence-corrected chi connectivity index (χ0v) is 4.42. The number of nitrogens with zero attached hydrogens (tertiary/aromatic N) is 1. The number of amides is 1. The van der Waals surface area contributed by atoms with Crippen LogP contribution in [0.15, 0.2) is 4.99 Å². The van der Waals surface area contributed by atoms with Crippen LogP contribution in [0, 0.1) is 5.92 Å². The second kappa shape index (κ2) is 1.51. The van der Waals surface area contributed by atoms with E-state index in [-0.39, 0.29) is 11.7 Å². The predicted octanol–water partition coefficient (Wildman–Crippen LogP) is -0.197. The second-order valence-corrected chi connectivity index (χ2v) is 1.72. The number of hydrogen-bond acceptors (Lipinski definition) is 2. The first-order valence-electron chi connectivity index (χ1n) is 2.33. The first-order chi connectivity index (χ1) is 3.72. The van der Waals surface area contributed by atoms with Crippen LogP contribution < -0.4 is 0 Å². The van der Waals surface area contributed by atoms with Crippen molar-refractivity contribution in [1.82, 2.24) is 0 Å². The van der Waals surface area contributed by atoms with Crippen molar-refractivity contribution in [3.63, 3.8) is 0 Å². The Morgan fingerprint density at radius 2 is 2.25 bits per heavy atom. The van der Waals surface area contributed by atoms with Crippen LogP contribution in [0.5, 0.6) is 0 Å². The van der Waals surface area contributed by atoms with Gasteiger partial charge in [-0.15, -0.1) is 0 Å². The Morgan fingerprint density at radius 1 is 1.62 bits per heavy atom. The summed E-state index contributed by atoms with van der Waals surface area (Å²) >= 11 is 0. The molecule has 8 heavy (non-hydrogen) atoms. The van der Waals surface area contributed by atoms with Crippen LogP contribution in [0.25, 0.3) is 0 Å². The van der Waals surface area contributed by atoms with Crippen molar-refractivity contribution in [1.29, 1.82) is 0 Å². The molecule has 3 heteroatoms. The molecule has 0 radical (unpaired) electrons. The van der Waals surface area contributed by atoms with Gasteiger partial charge in [-0.05, 0) is 6.92 Å². The van der Waals surface area contributed by atoms with Gasteiger partial charge in [0.1, 0.15) is 5.92 Å². The monoisotopic (exact) mass is 111 g/mol.